The van der Waals surface area contributed by atoms with Crippen LogP contribution in [0.15, 0.2) is 29.2 Å². The Bertz CT molecular complexity index is 910. The molecule has 1 saturated heterocycles. The highest BCUT2D eigenvalue weighted by atomic mass is 32.2. The van der Waals surface area contributed by atoms with Gasteiger partial charge in [-0.05, 0) is 38.0 Å². The predicted octanol–water partition coefficient (Wildman–Crippen LogP) is 4.41. The SMILES string of the molecule is CC1(S(=O)(=O)c2cccc(C(F)(F)F)c2)CCOC(C(=N)CC(=N)C(F)(F)F)C1. The zero-order valence-electron chi connectivity index (χ0n) is 15.1. The van der Waals surface area contributed by atoms with Crippen molar-refractivity contribution >= 4 is 21.3 Å². The molecule has 2 atom stereocenters. The van der Waals surface area contributed by atoms with Crippen LogP contribution < -0.4 is 0 Å². The summed E-state index contributed by atoms with van der Waals surface area (Å²) < 4.78 is 106. The fraction of sp³-hybridized carbons (Fsp3) is 0.529. The molecule has 29 heavy (non-hydrogen) atoms. The van der Waals surface area contributed by atoms with Crippen molar-refractivity contribution in [3.8, 4) is 0 Å². The molecule has 1 aromatic carbocycles. The molecule has 12 heteroatoms. The van der Waals surface area contributed by atoms with Gasteiger partial charge in [0.15, 0.2) is 9.84 Å². The first kappa shape index (κ1) is 23.3. The van der Waals surface area contributed by atoms with Crippen LogP contribution in [0, 0.1) is 10.8 Å². The van der Waals surface area contributed by atoms with Crippen molar-refractivity contribution in [2.24, 2.45) is 0 Å². The first-order valence-electron chi connectivity index (χ1n) is 8.33. The van der Waals surface area contributed by atoms with Gasteiger partial charge in [-0.3, -0.25) is 0 Å². The van der Waals surface area contributed by atoms with E-state index in [0.717, 1.165) is 18.2 Å². The Balaban J connectivity index is 2.29. The first-order valence-corrected chi connectivity index (χ1v) is 9.82. The van der Waals surface area contributed by atoms with E-state index in [1.165, 1.54) is 6.92 Å². The van der Waals surface area contributed by atoms with Crippen LogP contribution >= 0.6 is 0 Å². The molecule has 0 aromatic heterocycles. The molecule has 0 radical (unpaired) electrons. The van der Waals surface area contributed by atoms with Crippen LogP contribution in [0.5, 0.6) is 0 Å². The molecule has 0 amide bonds. The minimum Gasteiger partial charge on any atom is -0.372 e. The van der Waals surface area contributed by atoms with E-state index in [1.54, 1.807) is 0 Å². The van der Waals surface area contributed by atoms with Gasteiger partial charge in [-0.25, -0.2) is 8.42 Å². The van der Waals surface area contributed by atoms with Crippen LogP contribution in [0.4, 0.5) is 26.3 Å². The van der Waals surface area contributed by atoms with E-state index in [1.807, 2.05) is 0 Å². The average molecular weight is 444 g/mol. The van der Waals surface area contributed by atoms with E-state index in [9.17, 15) is 34.8 Å². The lowest BCUT2D eigenvalue weighted by Gasteiger charge is -2.38. The second-order valence-corrected chi connectivity index (χ2v) is 9.43. The summed E-state index contributed by atoms with van der Waals surface area (Å²) in [6.45, 7) is 1.06. The molecule has 5 nitrogen and oxygen atoms in total. The number of hydrogen-bond donors (Lipinski definition) is 2. The molecule has 2 unspecified atom stereocenters. The topological polar surface area (TPSA) is 91.1 Å². The van der Waals surface area contributed by atoms with E-state index in [-0.39, 0.29) is 13.0 Å². The second-order valence-electron chi connectivity index (χ2n) is 6.97. The standard InChI is InChI=1S/C17H18F6N2O3S/c1-15(29(26,27)11-4-2-3-10(7-11)16(18,19)20)5-6-28-13(9-15)12(24)8-14(25)17(21,22)23/h2-4,7,13,24-25H,5-6,8-9H2,1H3. The number of hydrogen-bond acceptors (Lipinski definition) is 5. The molecule has 1 heterocycles. The van der Waals surface area contributed by atoms with Crippen molar-refractivity contribution in [2.75, 3.05) is 6.61 Å². The summed E-state index contributed by atoms with van der Waals surface area (Å²) in [6.07, 6.45) is -12.5. The van der Waals surface area contributed by atoms with Crippen LogP contribution in [0.25, 0.3) is 0 Å². The summed E-state index contributed by atoms with van der Waals surface area (Å²) in [5.74, 6) is 0. The van der Waals surface area contributed by atoms with Crippen molar-refractivity contribution in [1.82, 2.24) is 0 Å². The number of nitrogens with one attached hydrogen (secondary N) is 2. The molecule has 0 saturated carbocycles. The minimum atomic E-state index is -4.92. The van der Waals surface area contributed by atoms with Gasteiger partial charge in [0, 0.05) is 18.7 Å². The fourth-order valence-electron chi connectivity index (χ4n) is 2.97. The lowest BCUT2D eigenvalue weighted by Crippen LogP contribution is -2.47. The van der Waals surface area contributed by atoms with Gasteiger partial charge in [-0.15, -0.1) is 0 Å². The van der Waals surface area contributed by atoms with Gasteiger partial charge < -0.3 is 15.6 Å². The Morgan fingerprint density at radius 2 is 1.83 bits per heavy atom. The molecule has 1 fully saturated rings. The summed E-state index contributed by atoms with van der Waals surface area (Å²) in [5.41, 5.74) is -3.42. The second kappa shape index (κ2) is 7.71. The van der Waals surface area contributed by atoms with E-state index in [2.05, 4.69) is 0 Å². The number of sulfone groups is 1. The lowest BCUT2D eigenvalue weighted by atomic mass is 9.92. The highest BCUT2D eigenvalue weighted by Gasteiger charge is 2.47. The van der Waals surface area contributed by atoms with Crippen molar-refractivity contribution in [3.05, 3.63) is 29.8 Å². The highest BCUT2D eigenvalue weighted by Crippen LogP contribution is 2.39. The predicted molar refractivity (Wildman–Crippen MR) is 92.1 cm³/mol. The Labute approximate surface area is 163 Å². The maximum atomic E-state index is 13.0. The van der Waals surface area contributed by atoms with Crippen LogP contribution in [-0.2, 0) is 20.8 Å². The van der Waals surface area contributed by atoms with Gasteiger partial charge in [0.05, 0.1) is 21.3 Å². The van der Waals surface area contributed by atoms with E-state index < -0.39 is 67.8 Å². The summed E-state index contributed by atoms with van der Waals surface area (Å²) in [5, 5.41) is 14.8. The average Bonchev–Trinajstić information content (AvgIpc) is 2.60. The van der Waals surface area contributed by atoms with E-state index >= 15 is 0 Å². The molecule has 2 rings (SSSR count). The van der Waals surface area contributed by atoms with Crippen molar-refractivity contribution < 1.29 is 39.5 Å². The number of rotatable bonds is 5. The lowest BCUT2D eigenvalue weighted by molar-refractivity contribution is -0.137. The van der Waals surface area contributed by atoms with E-state index in [0.29, 0.717) is 6.07 Å². The van der Waals surface area contributed by atoms with Crippen molar-refractivity contribution in [2.45, 2.75) is 54.3 Å². The Morgan fingerprint density at radius 3 is 2.38 bits per heavy atom. The number of benzene rings is 1. The third-order valence-electron chi connectivity index (χ3n) is 4.79. The van der Waals surface area contributed by atoms with Crippen molar-refractivity contribution in [3.63, 3.8) is 0 Å². The first-order chi connectivity index (χ1) is 13.1. The zero-order chi connectivity index (χ0) is 22.3. The van der Waals surface area contributed by atoms with Gasteiger partial charge in [0.2, 0.25) is 0 Å². The van der Waals surface area contributed by atoms with Crippen LogP contribution in [0.2, 0.25) is 0 Å². The number of alkyl halides is 6. The summed E-state index contributed by atoms with van der Waals surface area (Å²) in [4.78, 5) is -0.565. The molecular formula is C17H18F6N2O3S. The van der Waals surface area contributed by atoms with E-state index in [4.69, 9.17) is 15.6 Å². The maximum Gasteiger partial charge on any atom is 0.429 e. The molecule has 1 aliphatic heterocycles. The molecule has 0 aliphatic carbocycles. The summed E-state index contributed by atoms with van der Waals surface area (Å²) >= 11 is 0. The summed E-state index contributed by atoms with van der Waals surface area (Å²) in [7, 11) is -4.32. The van der Waals surface area contributed by atoms with Gasteiger partial charge in [0.25, 0.3) is 0 Å². The maximum absolute atomic E-state index is 13.0. The third kappa shape index (κ3) is 4.97. The summed E-state index contributed by atoms with van der Waals surface area (Å²) in [6, 6.07) is 3.22. The number of halogens is 6. The molecule has 0 spiro atoms. The van der Waals surface area contributed by atoms with Crippen LogP contribution in [0.1, 0.15) is 31.7 Å². The highest BCUT2D eigenvalue weighted by molar-refractivity contribution is 7.92. The normalized spacial score (nSPS) is 23.6. The zero-order valence-corrected chi connectivity index (χ0v) is 15.9. The van der Waals surface area contributed by atoms with Crippen molar-refractivity contribution in [1.29, 1.82) is 10.8 Å². The van der Waals surface area contributed by atoms with Crippen LogP contribution in [-0.4, -0.2) is 43.5 Å². The molecule has 1 aliphatic rings. The monoisotopic (exact) mass is 444 g/mol. The Kier molecular flexibility index (Phi) is 6.20. The quantitative estimate of drug-likeness (QED) is 0.521. The van der Waals surface area contributed by atoms with Crippen LogP contribution in [0.3, 0.4) is 0 Å². The fourth-order valence-corrected chi connectivity index (χ4v) is 4.80. The molecule has 1 aromatic rings. The minimum absolute atomic E-state index is 0.105. The van der Waals surface area contributed by atoms with Gasteiger partial charge in [-0.2, -0.15) is 26.3 Å². The largest absolute Gasteiger partial charge is 0.429 e. The Hall–Kier alpha value is -1.95. The van der Waals surface area contributed by atoms with Gasteiger partial charge in [-0.1, -0.05) is 6.07 Å². The smallest absolute Gasteiger partial charge is 0.372 e. The third-order valence-corrected chi connectivity index (χ3v) is 7.33. The van der Waals surface area contributed by atoms with Gasteiger partial charge in [0.1, 0.15) is 5.71 Å². The molecular weight excluding hydrogens is 426 g/mol. The van der Waals surface area contributed by atoms with Gasteiger partial charge >= 0.3 is 12.4 Å². The molecule has 2 N–H and O–H groups in total. The number of ether oxygens (including phenoxy) is 1. The Morgan fingerprint density at radius 1 is 1.21 bits per heavy atom. The molecule has 162 valence electrons. The molecule has 0 bridgehead atoms.